The Kier molecular flexibility index (Phi) is 2.76. The summed E-state index contributed by atoms with van der Waals surface area (Å²) < 4.78 is 5.21. The van der Waals surface area contributed by atoms with Crippen molar-refractivity contribution in [3.05, 3.63) is 48.3 Å². The highest BCUT2D eigenvalue weighted by molar-refractivity contribution is 5.86. The minimum absolute atomic E-state index is 0.220. The summed E-state index contributed by atoms with van der Waals surface area (Å²) in [6.07, 6.45) is 1.76. The van der Waals surface area contributed by atoms with Gasteiger partial charge in [0.05, 0.1) is 18.1 Å². The summed E-state index contributed by atoms with van der Waals surface area (Å²) >= 11 is 0. The van der Waals surface area contributed by atoms with Crippen LogP contribution >= 0.6 is 0 Å². The Balaban J connectivity index is 2.11. The van der Waals surface area contributed by atoms with Crippen LogP contribution in [0.4, 0.5) is 0 Å². The molecule has 0 aliphatic carbocycles. The molecule has 0 spiro atoms. The van der Waals surface area contributed by atoms with Crippen molar-refractivity contribution in [1.82, 2.24) is 9.97 Å². The molecule has 0 bridgehead atoms. The van der Waals surface area contributed by atoms with Crippen molar-refractivity contribution in [3.63, 3.8) is 0 Å². The number of benzene rings is 2. The standard InChI is InChI=1S/C15H11N2O2/c1-19-12-4-2-3-10(7-12)11-5-6-13-14(8-11)17-15(9-18)16-13/h2-8H,1H3,(H,16,17). The third kappa shape index (κ3) is 2.08. The van der Waals surface area contributed by atoms with E-state index in [-0.39, 0.29) is 5.82 Å². The summed E-state index contributed by atoms with van der Waals surface area (Å²) in [6.45, 7) is 0. The number of imidazole rings is 1. The van der Waals surface area contributed by atoms with E-state index in [4.69, 9.17) is 4.74 Å². The zero-order valence-corrected chi connectivity index (χ0v) is 10.3. The molecule has 0 atom stereocenters. The maximum atomic E-state index is 10.6. The van der Waals surface area contributed by atoms with Gasteiger partial charge in [-0.2, -0.15) is 0 Å². The van der Waals surface area contributed by atoms with Crippen molar-refractivity contribution in [1.29, 1.82) is 0 Å². The van der Waals surface area contributed by atoms with Gasteiger partial charge in [0.25, 0.3) is 6.29 Å². The molecule has 0 unspecified atom stereocenters. The molecule has 3 aromatic rings. The van der Waals surface area contributed by atoms with E-state index >= 15 is 0 Å². The monoisotopic (exact) mass is 251 g/mol. The minimum atomic E-state index is 0.220. The van der Waals surface area contributed by atoms with Crippen LogP contribution in [0.15, 0.2) is 42.5 Å². The van der Waals surface area contributed by atoms with E-state index in [2.05, 4.69) is 9.97 Å². The van der Waals surface area contributed by atoms with Crippen molar-refractivity contribution >= 4 is 17.3 Å². The molecule has 4 nitrogen and oxygen atoms in total. The van der Waals surface area contributed by atoms with Crippen molar-refractivity contribution in [2.24, 2.45) is 0 Å². The van der Waals surface area contributed by atoms with Crippen molar-refractivity contribution in [2.45, 2.75) is 0 Å². The number of hydrogen-bond donors (Lipinski definition) is 1. The molecular formula is C15H11N2O2. The molecule has 3 rings (SSSR count). The highest BCUT2D eigenvalue weighted by atomic mass is 16.5. The molecule has 2 aromatic carbocycles. The maximum absolute atomic E-state index is 10.6. The third-order valence-electron chi connectivity index (χ3n) is 2.98. The van der Waals surface area contributed by atoms with Crippen LogP contribution in [-0.2, 0) is 4.79 Å². The van der Waals surface area contributed by atoms with Crippen molar-refractivity contribution in [3.8, 4) is 16.9 Å². The first-order chi connectivity index (χ1) is 9.30. The quantitative estimate of drug-likeness (QED) is 0.778. The van der Waals surface area contributed by atoms with E-state index < -0.39 is 0 Å². The average Bonchev–Trinajstić information content (AvgIpc) is 2.89. The predicted octanol–water partition coefficient (Wildman–Crippen LogP) is 2.70. The smallest absolute Gasteiger partial charge is 0.271 e. The van der Waals surface area contributed by atoms with E-state index in [1.165, 1.54) is 0 Å². The summed E-state index contributed by atoms with van der Waals surface area (Å²) in [4.78, 5) is 17.6. The minimum Gasteiger partial charge on any atom is -0.497 e. The largest absolute Gasteiger partial charge is 0.497 e. The van der Waals surface area contributed by atoms with Gasteiger partial charge < -0.3 is 9.72 Å². The van der Waals surface area contributed by atoms with E-state index in [0.29, 0.717) is 0 Å². The number of nitrogens with zero attached hydrogens (tertiary/aromatic N) is 1. The van der Waals surface area contributed by atoms with Gasteiger partial charge in [0, 0.05) is 0 Å². The molecule has 0 aliphatic heterocycles. The Hall–Kier alpha value is -2.62. The Bertz CT molecular complexity index is 747. The molecule has 1 radical (unpaired) electrons. The molecule has 0 saturated carbocycles. The Morgan fingerprint density at radius 1 is 1.16 bits per heavy atom. The predicted molar refractivity (Wildman–Crippen MR) is 72.9 cm³/mol. The molecule has 1 N–H and O–H groups in total. The number of H-pyrrole nitrogens is 1. The summed E-state index contributed by atoms with van der Waals surface area (Å²) in [5, 5.41) is 0. The van der Waals surface area contributed by atoms with Gasteiger partial charge in [0.1, 0.15) is 5.75 Å². The molecule has 0 fully saturated rings. The maximum Gasteiger partial charge on any atom is 0.271 e. The van der Waals surface area contributed by atoms with Crippen LogP contribution in [-0.4, -0.2) is 23.4 Å². The number of aromatic nitrogens is 2. The van der Waals surface area contributed by atoms with Crippen LogP contribution in [0.3, 0.4) is 0 Å². The first kappa shape index (κ1) is 11.5. The van der Waals surface area contributed by atoms with Crippen LogP contribution in [0.1, 0.15) is 5.82 Å². The lowest BCUT2D eigenvalue weighted by Gasteiger charge is -2.04. The summed E-state index contributed by atoms with van der Waals surface area (Å²) in [6, 6.07) is 13.6. The van der Waals surface area contributed by atoms with Crippen LogP contribution < -0.4 is 4.74 Å². The number of fused-ring (bicyclic) bond motifs is 1. The number of ether oxygens (including phenoxy) is 1. The van der Waals surface area contributed by atoms with Crippen LogP contribution in [0.2, 0.25) is 0 Å². The first-order valence-electron chi connectivity index (χ1n) is 5.82. The van der Waals surface area contributed by atoms with E-state index in [1.807, 2.05) is 42.5 Å². The van der Waals surface area contributed by atoms with Gasteiger partial charge in [-0.15, -0.1) is 0 Å². The fourth-order valence-corrected chi connectivity index (χ4v) is 2.04. The normalized spacial score (nSPS) is 10.6. The van der Waals surface area contributed by atoms with Gasteiger partial charge in [-0.05, 0) is 35.4 Å². The fraction of sp³-hybridized carbons (Fsp3) is 0.0667. The van der Waals surface area contributed by atoms with Crippen LogP contribution in [0.5, 0.6) is 5.75 Å². The second kappa shape index (κ2) is 4.57. The number of hydrogen-bond acceptors (Lipinski definition) is 3. The van der Waals surface area contributed by atoms with Gasteiger partial charge in [-0.3, -0.25) is 4.79 Å². The molecule has 4 heteroatoms. The average molecular weight is 251 g/mol. The zero-order valence-electron chi connectivity index (χ0n) is 10.3. The summed E-state index contributed by atoms with van der Waals surface area (Å²) in [7, 11) is 1.64. The molecule has 93 valence electrons. The SMILES string of the molecule is COc1cccc(-c2ccc3[nH]c([C]=O)nc3c2)c1. The second-order valence-corrected chi connectivity index (χ2v) is 4.15. The third-order valence-corrected chi connectivity index (χ3v) is 2.98. The molecule has 19 heavy (non-hydrogen) atoms. The lowest BCUT2D eigenvalue weighted by Crippen LogP contribution is -1.83. The summed E-state index contributed by atoms with van der Waals surface area (Å²) in [5.74, 6) is 1.03. The number of rotatable bonds is 3. The number of methoxy groups -OCH3 is 1. The first-order valence-corrected chi connectivity index (χ1v) is 5.82. The second-order valence-electron chi connectivity index (χ2n) is 4.15. The van der Waals surface area contributed by atoms with Gasteiger partial charge in [0.2, 0.25) is 0 Å². The zero-order chi connectivity index (χ0) is 13.2. The molecule has 0 saturated heterocycles. The molecule has 1 heterocycles. The fourth-order valence-electron chi connectivity index (χ4n) is 2.04. The number of aromatic amines is 1. The van der Waals surface area contributed by atoms with Gasteiger partial charge in [-0.1, -0.05) is 18.2 Å². The van der Waals surface area contributed by atoms with Gasteiger partial charge >= 0.3 is 0 Å². The molecule has 0 aliphatic rings. The topological polar surface area (TPSA) is 55.0 Å². The molecule has 0 amide bonds. The van der Waals surface area contributed by atoms with Crippen molar-refractivity contribution < 1.29 is 9.53 Å². The van der Waals surface area contributed by atoms with E-state index in [1.54, 1.807) is 13.4 Å². The van der Waals surface area contributed by atoms with Crippen LogP contribution in [0.25, 0.3) is 22.2 Å². The number of nitrogens with one attached hydrogen (secondary N) is 1. The Morgan fingerprint density at radius 2 is 2.00 bits per heavy atom. The lowest BCUT2D eigenvalue weighted by molar-refractivity contribution is 0.415. The highest BCUT2D eigenvalue weighted by Crippen LogP contribution is 2.26. The Morgan fingerprint density at radius 3 is 2.79 bits per heavy atom. The van der Waals surface area contributed by atoms with Crippen LogP contribution in [0, 0.1) is 0 Å². The number of carbonyl (C=O) groups excluding carboxylic acids is 1. The Labute approximate surface area is 110 Å². The van der Waals surface area contributed by atoms with Gasteiger partial charge in [-0.25, -0.2) is 4.98 Å². The van der Waals surface area contributed by atoms with E-state index in [0.717, 1.165) is 27.9 Å². The molecule has 1 aromatic heterocycles. The summed E-state index contributed by atoms with van der Waals surface area (Å²) in [5.41, 5.74) is 3.64. The van der Waals surface area contributed by atoms with Gasteiger partial charge in [0.15, 0.2) is 5.82 Å². The highest BCUT2D eigenvalue weighted by Gasteiger charge is 2.05. The van der Waals surface area contributed by atoms with Crippen molar-refractivity contribution in [2.75, 3.05) is 7.11 Å². The molecular weight excluding hydrogens is 240 g/mol. The van der Waals surface area contributed by atoms with E-state index in [9.17, 15) is 4.79 Å². The lowest BCUT2D eigenvalue weighted by atomic mass is 10.1.